The Labute approximate surface area is 335 Å². The van der Waals surface area contributed by atoms with Crippen LogP contribution in [-0.4, -0.2) is 83.1 Å². The number of hydrogen-bond acceptors (Lipinski definition) is 9. The minimum atomic E-state index is -1.01. The second-order valence-electron chi connectivity index (χ2n) is 14.3. The summed E-state index contributed by atoms with van der Waals surface area (Å²) in [6.07, 6.45) is 1.43. The minimum absolute atomic E-state index is 0.0808. The number of benzene rings is 4. The fraction of sp³-hybridized carbons (Fsp3) is 0.326. The predicted octanol–water partition coefficient (Wildman–Crippen LogP) is 6.22. The van der Waals surface area contributed by atoms with Gasteiger partial charge in [-0.2, -0.15) is 0 Å². The number of fused-ring (bicyclic) bond motifs is 1. The average molecular weight is 798 g/mol. The molecule has 7 N–H and O–H groups in total. The molecule has 0 bridgehead atoms. The first-order valence-electron chi connectivity index (χ1n) is 18.9. The number of carbonyl (C=O) groups is 2. The topological polar surface area (TPSA) is 191 Å². The number of pyridine rings is 1. The SMILES string of the molecule is COc1cc(OCC(=O)N(C)CCc2ccc(-c3ccccc3)c(N(C(=O)O)C3CCC(N)CC3)c2)c(Cl)cc1CNC[C@H](O)c1ccc(O)c2[nH]c(=O)ccc12. The van der Waals surface area contributed by atoms with Crippen molar-refractivity contribution in [3.05, 3.63) is 117 Å². The number of amides is 2. The second kappa shape index (κ2) is 18.6. The van der Waals surface area contributed by atoms with E-state index in [0.29, 0.717) is 53.8 Å². The number of halogens is 1. The van der Waals surface area contributed by atoms with Crippen LogP contribution in [0.15, 0.2) is 89.7 Å². The molecule has 0 radical (unpaired) electrons. The summed E-state index contributed by atoms with van der Waals surface area (Å²) in [5.74, 6) is 0.364. The number of ether oxygens (including phenoxy) is 2. The van der Waals surface area contributed by atoms with Gasteiger partial charge in [-0.25, -0.2) is 4.79 Å². The summed E-state index contributed by atoms with van der Waals surface area (Å²) >= 11 is 6.59. The van der Waals surface area contributed by atoms with E-state index in [1.165, 1.54) is 24.1 Å². The molecule has 2 amide bonds. The van der Waals surface area contributed by atoms with Crippen LogP contribution in [-0.2, 0) is 17.8 Å². The molecule has 1 aromatic heterocycles. The van der Waals surface area contributed by atoms with Crippen molar-refractivity contribution in [1.29, 1.82) is 0 Å². The molecular formula is C43H48ClN5O8. The number of nitrogens with zero attached hydrogens (tertiary/aromatic N) is 2. The zero-order valence-electron chi connectivity index (χ0n) is 31.9. The Hall–Kier alpha value is -5.60. The van der Waals surface area contributed by atoms with Gasteiger partial charge in [0, 0.05) is 67.4 Å². The average Bonchev–Trinajstić information content (AvgIpc) is 3.20. The Morgan fingerprint density at radius 3 is 2.47 bits per heavy atom. The van der Waals surface area contributed by atoms with Crippen molar-refractivity contribution < 1.29 is 34.4 Å². The van der Waals surface area contributed by atoms with Crippen LogP contribution in [0.3, 0.4) is 0 Å². The van der Waals surface area contributed by atoms with Gasteiger partial charge in [-0.15, -0.1) is 0 Å². The number of carboxylic acid groups (broad SMARTS) is 1. The molecule has 0 spiro atoms. The molecular weight excluding hydrogens is 750 g/mol. The Kier molecular flexibility index (Phi) is 13.4. The van der Waals surface area contributed by atoms with E-state index >= 15 is 0 Å². The fourth-order valence-corrected chi connectivity index (χ4v) is 7.54. The van der Waals surface area contributed by atoms with Crippen LogP contribution in [0.5, 0.6) is 17.2 Å². The molecule has 1 aliphatic carbocycles. The number of nitrogens with one attached hydrogen (secondary N) is 2. The van der Waals surface area contributed by atoms with Gasteiger partial charge in [-0.05, 0) is 73.1 Å². The van der Waals surface area contributed by atoms with E-state index in [-0.39, 0.29) is 65.3 Å². The monoisotopic (exact) mass is 797 g/mol. The lowest BCUT2D eigenvalue weighted by Gasteiger charge is -2.35. The number of aromatic hydroxyl groups is 1. The molecule has 57 heavy (non-hydrogen) atoms. The standard InChI is InChI=1S/C43H48ClN5O8/c1-48(19-18-26-8-13-31(27-6-4-3-5-7-27)35(20-26)49(43(54)55)30-11-9-29(45)10-12-30)41(53)25-57-39-22-38(56-2)28(21-34(39)44)23-46-24-37(51)32-14-16-36(50)42-33(32)15-17-40(52)47-42/h3-8,13-17,20-22,29-30,37,46,50-51H,9-12,18-19,23-25,45H2,1-2H3,(H,47,52)(H,54,55)/t29?,30?,37-/m0/s1. The Morgan fingerprint density at radius 2 is 1.75 bits per heavy atom. The van der Waals surface area contributed by atoms with Gasteiger partial charge in [0.05, 0.1) is 29.4 Å². The number of anilines is 1. The van der Waals surface area contributed by atoms with Gasteiger partial charge >= 0.3 is 6.09 Å². The predicted molar refractivity (Wildman–Crippen MR) is 220 cm³/mol. The van der Waals surface area contributed by atoms with E-state index in [9.17, 15) is 29.7 Å². The van der Waals surface area contributed by atoms with Crippen molar-refractivity contribution >= 4 is 40.2 Å². The number of aliphatic hydroxyl groups excluding tert-OH is 1. The van der Waals surface area contributed by atoms with Gasteiger partial charge in [0.1, 0.15) is 17.2 Å². The number of aromatic nitrogens is 1. The lowest BCUT2D eigenvalue weighted by molar-refractivity contribution is -0.132. The molecule has 300 valence electrons. The molecule has 1 atom stereocenters. The van der Waals surface area contributed by atoms with Gasteiger partial charge in [-0.1, -0.05) is 60.1 Å². The fourth-order valence-electron chi connectivity index (χ4n) is 7.30. The van der Waals surface area contributed by atoms with Crippen LogP contribution in [0.25, 0.3) is 22.0 Å². The molecule has 4 aromatic carbocycles. The summed E-state index contributed by atoms with van der Waals surface area (Å²) in [4.78, 5) is 43.4. The van der Waals surface area contributed by atoms with Crippen molar-refractivity contribution in [1.82, 2.24) is 15.2 Å². The van der Waals surface area contributed by atoms with Gasteiger partial charge in [0.25, 0.3) is 5.91 Å². The Bertz CT molecular complexity index is 2260. The first-order chi connectivity index (χ1) is 27.4. The number of rotatable bonds is 15. The molecule has 14 heteroatoms. The lowest BCUT2D eigenvalue weighted by atomic mass is 9.89. The first kappa shape index (κ1) is 41.0. The van der Waals surface area contributed by atoms with Gasteiger partial charge < -0.3 is 45.7 Å². The number of methoxy groups -OCH3 is 1. The van der Waals surface area contributed by atoms with Gasteiger partial charge in [0.15, 0.2) is 6.61 Å². The van der Waals surface area contributed by atoms with Crippen LogP contribution < -0.4 is 31.0 Å². The zero-order valence-corrected chi connectivity index (χ0v) is 32.7. The highest BCUT2D eigenvalue weighted by Gasteiger charge is 2.31. The molecule has 0 saturated heterocycles. The molecule has 5 aromatic rings. The molecule has 6 rings (SSSR count). The van der Waals surface area contributed by atoms with Crippen LogP contribution >= 0.6 is 11.6 Å². The van der Waals surface area contributed by atoms with E-state index in [1.54, 1.807) is 36.2 Å². The number of hydrogen-bond donors (Lipinski definition) is 6. The van der Waals surface area contributed by atoms with E-state index < -0.39 is 12.2 Å². The molecule has 13 nitrogen and oxygen atoms in total. The highest BCUT2D eigenvalue weighted by molar-refractivity contribution is 6.32. The first-order valence-corrected chi connectivity index (χ1v) is 19.2. The number of aliphatic hydroxyl groups is 1. The zero-order chi connectivity index (χ0) is 40.6. The number of H-pyrrole nitrogens is 1. The summed E-state index contributed by atoms with van der Waals surface area (Å²) in [6, 6.07) is 24.7. The third-order valence-corrected chi connectivity index (χ3v) is 10.8. The molecule has 1 saturated carbocycles. The normalized spacial score (nSPS) is 15.9. The number of carbonyl (C=O) groups excluding carboxylic acids is 1. The largest absolute Gasteiger partial charge is 0.506 e. The number of phenolic OH excluding ortho intramolecular Hbond substituents is 1. The Morgan fingerprint density at radius 1 is 1.00 bits per heavy atom. The van der Waals surface area contributed by atoms with Crippen molar-refractivity contribution in [3.8, 4) is 28.4 Å². The number of aromatic amines is 1. The number of phenols is 1. The highest BCUT2D eigenvalue weighted by Crippen LogP contribution is 2.37. The third-order valence-electron chi connectivity index (χ3n) is 10.5. The summed E-state index contributed by atoms with van der Waals surface area (Å²) in [7, 11) is 3.19. The number of nitrogens with two attached hydrogens (primary N) is 1. The van der Waals surface area contributed by atoms with Crippen LogP contribution in [0.1, 0.15) is 48.5 Å². The van der Waals surface area contributed by atoms with Gasteiger partial charge in [0.2, 0.25) is 5.56 Å². The van der Waals surface area contributed by atoms with Crippen molar-refractivity contribution in [3.63, 3.8) is 0 Å². The maximum absolute atomic E-state index is 13.2. The lowest BCUT2D eigenvalue weighted by Crippen LogP contribution is -2.44. The maximum atomic E-state index is 13.2. The second-order valence-corrected chi connectivity index (χ2v) is 14.7. The highest BCUT2D eigenvalue weighted by atomic mass is 35.5. The molecule has 1 fully saturated rings. The molecule has 0 aliphatic heterocycles. The van der Waals surface area contributed by atoms with E-state index in [4.69, 9.17) is 26.8 Å². The maximum Gasteiger partial charge on any atom is 0.412 e. The summed E-state index contributed by atoms with van der Waals surface area (Å²) in [5.41, 5.74) is 10.5. The van der Waals surface area contributed by atoms with Crippen molar-refractivity contribution in [2.24, 2.45) is 5.73 Å². The van der Waals surface area contributed by atoms with E-state index in [0.717, 1.165) is 29.5 Å². The Balaban J connectivity index is 1.07. The molecule has 1 heterocycles. The molecule has 0 unspecified atom stereocenters. The summed E-state index contributed by atoms with van der Waals surface area (Å²) in [5, 5.41) is 35.5. The van der Waals surface area contributed by atoms with Crippen LogP contribution in [0, 0.1) is 0 Å². The van der Waals surface area contributed by atoms with Crippen molar-refractivity contribution in [2.75, 3.05) is 38.8 Å². The van der Waals surface area contributed by atoms with E-state index in [2.05, 4.69) is 10.3 Å². The molecule has 1 aliphatic rings. The summed E-state index contributed by atoms with van der Waals surface area (Å²) in [6.45, 7) is 0.513. The summed E-state index contributed by atoms with van der Waals surface area (Å²) < 4.78 is 11.4. The van der Waals surface area contributed by atoms with Crippen LogP contribution in [0.4, 0.5) is 10.5 Å². The quantitative estimate of drug-likeness (QED) is 0.0709. The van der Waals surface area contributed by atoms with E-state index in [1.807, 2.05) is 48.5 Å². The van der Waals surface area contributed by atoms with Gasteiger partial charge in [-0.3, -0.25) is 14.5 Å². The minimum Gasteiger partial charge on any atom is -0.506 e. The van der Waals surface area contributed by atoms with Crippen LogP contribution in [0.2, 0.25) is 5.02 Å². The van der Waals surface area contributed by atoms with Crippen molar-refractivity contribution in [2.45, 2.75) is 56.8 Å². The number of likely N-dealkylation sites (N-methyl/N-ethyl adjacent to an activating group) is 1. The third kappa shape index (κ3) is 9.86. The smallest absolute Gasteiger partial charge is 0.412 e.